The van der Waals surface area contributed by atoms with Crippen molar-refractivity contribution in [3.8, 4) is 22.6 Å². The van der Waals surface area contributed by atoms with E-state index in [1.54, 1.807) is 6.07 Å². The maximum atomic E-state index is 10.4. The zero-order chi connectivity index (χ0) is 16.4. The number of fused-ring (bicyclic) bond motifs is 3. The Labute approximate surface area is 138 Å². The van der Waals surface area contributed by atoms with E-state index in [9.17, 15) is 10.2 Å². The quantitative estimate of drug-likeness (QED) is 0.637. The van der Waals surface area contributed by atoms with Gasteiger partial charge in [0.15, 0.2) is 0 Å². The zero-order valence-electron chi connectivity index (χ0n) is 14.1. The van der Waals surface area contributed by atoms with E-state index < -0.39 is 0 Å². The molecule has 0 amide bonds. The van der Waals surface area contributed by atoms with Gasteiger partial charge >= 0.3 is 0 Å². The summed E-state index contributed by atoms with van der Waals surface area (Å²) in [5.74, 6) is 1.37. The molecule has 23 heavy (non-hydrogen) atoms. The first-order valence-corrected chi connectivity index (χ1v) is 8.80. The highest BCUT2D eigenvalue weighted by molar-refractivity contribution is 5.79. The molecule has 0 saturated heterocycles. The van der Waals surface area contributed by atoms with Crippen LogP contribution in [0.5, 0.6) is 11.5 Å². The minimum Gasteiger partial charge on any atom is -0.508 e. The third-order valence-corrected chi connectivity index (χ3v) is 5.19. The molecule has 0 saturated carbocycles. The van der Waals surface area contributed by atoms with Crippen LogP contribution in [-0.4, -0.2) is 10.2 Å². The number of phenols is 2. The van der Waals surface area contributed by atoms with E-state index in [-0.39, 0.29) is 0 Å². The van der Waals surface area contributed by atoms with Crippen LogP contribution in [0.15, 0.2) is 30.3 Å². The third kappa shape index (κ3) is 3.08. The van der Waals surface area contributed by atoms with Crippen LogP contribution in [0.4, 0.5) is 0 Å². The summed E-state index contributed by atoms with van der Waals surface area (Å²) < 4.78 is 0. The normalized spacial score (nSPS) is 13.7. The van der Waals surface area contributed by atoms with Gasteiger partial charge in [0, 0.05) is 0 Å². The van der Waals surface area contributed by atoms with Gasteiger partial charge in [0.1, 0.15) is 11.5 Å². The number of hydrogen-bond donors (Lipinski definition) is 2. The smallest absolute Gasteiger partial charge is 0.119 e. The average molecular weight is 310 g/mol. The highest BCUT2D eigenvalue weighted by Crippen LogP contribution is 2.43. The number of benzene rings is 2. The first kappa shape index (κ1) is 15.9. The van der Waals surface area contributed by atoms with Crippen molar-refractivity contribution >= 4 is 0 Å². The molecule has 122 valence electrons. The molecule has 0 fully saturated rings. The Morgan fingerprint density at radius 1 is 1.04 bits per heavy atom. The summed E-state index contributed by atoms with van der Waals surface area (Å²) in [5.41, 5.74) is 5.94. The van der Waals surface area contributed by atoms with Crippen molar-refractivity contribution in [2.45, 2.75) is 52.4 Å². The molecule has 2 N–H and O–H groups in total. The minimum atomic E-state index is 0.316. The lowest BCUT2D eigenvalue weighted by Crippen LogP contribution is -2.06. The van der Waals surface area contributed by atoms with Crippen molar-refractivity contribution in [2.75, 3.05) is 0 Å². The summed E-state index contributed by atoms with van der Waals surface area (Å²) in [6, 6.07) is 9.44. The maximum absolute atomic E-state index is 10.4. The Morgan fingerprint density at radius 3 is 2.57 bits per heavy atom. The molecule has 0 spiro atoms. The molecular weight excluding hydrogens is 284 g/mol. The molecule has 1 unspecified atom stereocenters. The molecule has 2 aromatic rings. The van der Waals surface area contributed by atoms with Crippen LogP contribution in [0.2, 0.25) is 0 Å². The Hall–Kier alpha value is -1.96. The third-order valence-electron chi connectivity index (χ3n) is 5.19. The van der Waals surface area contributed by atoms with Gasteiger partial charge in [-0.25, -0.2) is 0 Å². The van der Waals surface area contributed by atoms with Crippen molar-refractivity contribution < 1.29 is 10.2 Å². The highest BCUT2D eigenvalue weighted by atomic mass is 16.3. The van der Waals surface area contributed by atoms with Crippen molar-refractivity contribution in [3.05, 3.63) is 47.0 Å². The second-order valence-electron chi connectivity index (χ2n) is 6.73. The van der Waals surface area contributed by atoms with Crippen LogP contribution >= 0.6 is 0 Å². The van der Waals surface area contributed by atoms with E-state index in [0.29, 0.717) is 17.4 Å². The van der Waals surface area contributed by atoms with Crippen LogP contribution < -0.4 is 0 Å². The molecule has 2 nitrogen and oxygen atoms in total. The molecule has 0 aliphatic heterocycles. The number of aromatic hydroxyl groups is 2. The Balaban J connectivity index is 1.94. The molecular formula is C21H26O2. The summed E-state index contributed by atoms with van der Waals surface area (Å²) in [4.78, 5) is 0. The van der Waals surface area contributed by atoms with Gasteiger partial charge < -0.3 is 10.2 Å². The van der Waals surface area contributed by atoms with Crippen LogP contribution in [0.3, 0.4) is 0 Å². The summed E-state index contributed by atoms with van der Waals surface area (Å²) >= 11 is 0. The van der Waals surface area contributed by atoms with Crippen molar-refractivity contribution in [3.63, 3.8) is 0 Å². The van der Waals surface area contributed by atoms with E-state index >= 15 is 0 Å². The van der Waals surface area contributed by atoms with Gasteiger partial charge in [-0.2, -0.15) is 0 Å². The lowest BCUT2D eigenvalue weighted by molar-refractivity contribution is 0.425. The molecule has 0 aromatic heterocycles. The maximum Gasteiger partial charge on any atom is 0.119 e. The molecule has 0 bridgehead atoms. The first-order valence-electron chi connectivity index (χ1n) is 8.80. The summed E-state index contributed by atoms with van der Waals surface area (Å²) in [7, 11) is 0. The monoisotopic (exact) mass is 310 g/mol. The fourth-order valence-electron chi connectivity index (χ4n) is 3.77. The van der Waals surface area contributed by atoms with E-state index in [1.807, 2.05) is 24.3 Å². The highest BCUT2D eigenvalue weighted by Gasteiger charge is 2.24. The molecule has 1 aliphatic rings. The van der Waals surface area contributed by atoms with Gasteiger partial charge in [0.05, 0.1) is 0 Å². The Bertz CT molecular complexity index is 703. The van der Waals surface area contributed by atoms with E-state index in [2.05, 4.69) is 13.8 Å². The first-order chi connectivity index (χ1) is 11.1. The van der Waals surface area contributed by atoms with E-state index in [0.717, 1.165) is 30.4 Å². The zero-order valence-corrected chi connectivity index (χ0v) is 14.1. The standard InChI is InChI=1S/C21H26O2/c1-3-5-6-14(4-2)11-20-19-13-15-12-16(22)7-8-17(15)18(19)9-10-21(20)23/h7-10,12,14,22-23H,3-6,11,13H2,1-2H3. The van der Waals surface area contributed by atoms with E-state index in [4.69, 9.17) is 0 Å². The van der Waals surface area contributed by atoms with Gasteiger partial charge in [0.25, 0.3) is 0 Å². The molecule has 1 aliphatic carbocycles. The fraction of sp³-hybridized carbons (Fsp3) is 0.429. The Morgan fingerprint density at radius 2 is 1.83 bits per heavy atom. The SMILES string of the molecule is CCCCC(CC)Cc1c(O)ccc2c1Cc1cc(O)ccc1-2. The summed E-state index contributed by atoms with van der Waals surface area (Å²) in [6.07, 6.45) is 6.61. The van der Waals surface area contributed by atoms with Crippen molar-refractivity contribution in [2.24, 2.45) is 5.92 Å². The predicted molar refractivity (Wildman–Crippen MR) is 95.0 cm³/mol. The van der Waals surface area contributed by atoms with Crippen molar-refractivity contribution in [1.29, 1.82) is 0 Å². The molecule has 2 heteroatoms. The van der Waals surface area contributed by atoms with Crippen LogP contribution in [-0.2, 0) is 12.8 Å². The van der Waals surface area contributed by atoms with Crippen LogP contribution in [0, 0.1) is 5.92 Å². The van der Waals surface area contributed by atoms with E-state index in [1.165, 1.54) is 36.0 Å². The number of rotatable bonds is 6. The fourth-order valence-corrected chi connectivity index (χ4v) is 3.77. The molecule has 2 aromatic carbocycles. The molecule has 0 radical (unpaired) electrons. The molecule has 3 rings (SSSR count). The number of unbranched alkanes of at least 4 members (excludes halogenated alkanes) is 1. The lowest BCUT2D eigenvalue weighted by atomic mass is 9.88. The topological polar surface area (TPSA) is 40.5 Å². The van der Waals surface area contributed by atoms with Crippen LogP contribution in [0.1, 0.15) is 56.2 Å². The van der Waals surface area contributed by atoms with Gasteiger partial charge in [0.2, 0.25) is 0 Å². The largest absolute Gasteiger partial charge is 0.508 e. The number of phenolic OH excluding ortho intramolecular Hbond substituents is 2. The average Bonchev–Trinajstić information content (AvgIpc) is 2.90. The van der Waals surface area contributed by atoms with Gasteiger partial charge in [-0.15, -0.1) is 0 Å². The Kier molecular flexibility index (Phi) is 4.61. The second-order valence-corrected chi connectivity index (χ2v) is 6.73. The summed E-state index contributed by atoms with van der Waals surface area (Å²) in [5, 5.41) is 20.2. The lowest BCUT2D eigenvalue weighted by Gasteiger charge is -2.18. The van der Waals surface area contributed by atoms with Gasteiger partial charge in [-0.3, -0.25) is 0 Å². The predicted octanol–water partition coefficient (Wildman–Crippen LogP) is 5.43. The van der Waals surface area contributed by atoms with Gasteiger partial charge in [-0.05, 0) is 64.8 Å². The van der Waals surface area contributed by atoms with Crippen molar-refractivity contribution in [1.82, 2.24) is 0 Å². The second kappa shape index (κ2) is 6.66. The molecule has 1 atom stereocenters. The van der Waals surface area contributed by atoms with Crippen LogP contribution in [0.25, 0.3) is 11.1 Å². The molecule has 0 heterocycles. The summed E-state index contributed by atoms with van der Waals surface area (Å²) in [6.45, 7) is 4.47. The van der Waals surface area contributed by atoms with Gasteiger partial charge in [-0.1, -0.05) is 51.7 Å². The minimum absolute atomic E-state index is 0.316. The number of hydrogen-bond acceptors (Lipinski definition) is 2.